The molecule has 0 aliphatic carbocycles. The molecule has 2 aromatic carbocycles. The van der Waals surface area contributed by atoms with Gasteiger partial charge in [-0.05, 0) is 36.8 Å². The number of aromatic hydroxyl groups is 1. The summed E-state index contributed by atoms with van der Waals surface area (Å²) in [5.41, 5.74) is 3.21. The van der Waals surface area contributed by atoms with E-state index in [-0.39, 0.29) is 0 Å². The number of imidazole rings is 1. The van der Waals surface area contributed by atoms with Gasteiger partial charge < -0.3 is 5.11 Å². The number of phenols is 1. The molecule has 5 heteroatoms. The first-order valence-corrected chi connectivity index (χ1v) is 10.2. The van der Waals surface area contributed by atoms with E-state index in [2.05, 4.69) is 55.9 Å². The number of hydrogen-bond acceptors (Lipinski definition) is 2. The molecule has 138 valence electrons. The highest BCUT2D eigenvalue weighted by molar-refractivity contribution is 9.10. The number of phenolic OH excluding ortho intramolecular Hbond substituents is 1. The topological polar surface area (TPSA) is 51.9 Å². The first-order valence-electron chi connectivity index (χ1n) is 9.41. The molecule has 0 atom stereocenters. The summed E-state index contributed by atoms with van der Waals surface area (Å²) in [5.74, 6) is 1.30. The fourth-order valence-electron chi connectivity index (χ4n) is 3.25. The summed E-state index contributed by atoms with van der Waals surface area (Å²) in [6.07, 6.45) is 6.30. The van der Waals surface area contributed by atoms with Gasteiger partial charge in [-0.1, -0.05) is 60.7 Å². The van der Waals surface area contributed by atoms with E-state index < -0.39 is 0 Å². The van der Waals surface area contributed by atoms with Gasteiger partial charge in [-0.25, -0.2) is 9.55 Å². The normalized spacial score (nSPS) is 11.2. The lowest BCUT2D eigenvalue weighted by Gasteiger charge is -2.06. The third-order valence-corrected chi connectivity index (χ3v) is 5.18. The molecule has 0 saturated carbocycles. The molecule has 3 aromatic rings. The van der Waals surface area contributed by atoms with Crippen LogP contribution in [0.15, 0.2) is 46.9 Å². The fourth-order valence-corrected chi connectivity index (χ4v) is 3.66. The largest absolute Gasteiger partial charge is 0.508 e. The molecule has 0 fully saturated rings. The van der Waals surface area contributed by atoms with Crippen molar-refractivity contribution in [3.05, 3.63) is 52.5 Å². The number of halogens is 1. The summed E-state index contributed by atoms with van der Waals surface area (Å²) in [5, 5.41) is 13.5. The number of nitrogens with zero attached hydrogens (tertiary/aromatic N) is 1. The summed E-state index contributed by atoms with van der Waals surface area (Å²) in [7, 11) is 0. The quantitative estimate of drug-likeness (QED) is 0.318. The Kier molecular flexibility index (Phi) is 6.56. The maximum Gasteiger partial charge on any atom is 0.356 e. The highest BCUT2D eigenvalue weighted by atomic mass is 79.9. The molecule has 3 rings (SSSR count). The Bertz CT molecular complexity index is 860. The van der Waals surface area contributed by atoms with Crippen molar-refractivity contribution >= 4 is 32.9 Å². The molecule has 4 nitrogen and oxygen atoms in total. The minimum absolute atomic E-state index is 0.308. The molecule has 0 unspecified atom stereocenters. The van der Waals surface area contributed by atoms with Gasteiger partial charge in [-0.15, -0.1) is 0 Å². The van der Waals surface area contributed by atoms with Gasteiger partial charge in [0.1, 0.15) is 16.8 Å². The van der Waals surface area contributed by atoms with Gasteiger partial charge in [0.2, 0.25) is 0 Å². The standard InChI is InChI=1S/C21H26BrN3O/c1-2-3-4-5-8-13-25-19-10-7-6-9-18(19)24-21(25)23-15-16-14-17(22)11-12-20(16)26/h6-7,9-12,14H,2-5,8,13,15H2,1H3,(H2,23,24,26)/p+1. The lowest BCUT2D eigenvalue weighted by molar-refractivity contribution is -0.657. The lowest BCUT2D eigenvalue weighted by Crippen LogP contribution is -2.36. The zero-order valence-electron chi connectivity index (χ0n) is 15.3. The van der Waals surface area contributed by atoms with Crippen LogP contribution in [0.1, 0.15) is 44.6 Å². The average Bonchev–Trinajstić information content (AvgIpc) is 3.00. The van der Waals surface area contributed by atoms with Crippen molar-refractivity contribution in [3.63, 3.8) is 0 Å². The van der Waals surface area contributed by atoms with E-state index in [1.807, 2.05) is 18.2 Å². The number of rotatable bonds is 9. The SMILES string of the molecule is CCCCCCC[n+]1c(NCc2cc(Br)ccc2O)[nH]c2ccccc21. The third kappa shape index (κ3) is 4.58. The molecular weight excluding hydrogens is 390 g/mol. The number of nitrogens with one attached hydrogen (secondary N) is 2. The first-order chi connectivity index (χ1) is 12.7. The number of H-pyrrole nitrogens is 1. The summed E-state index contributed by atoms with van der Waals surface area (Å²) >= 11 is 3.47. The Morgan fingerprint density at radius 3 is 2.73 bits per heavy atom. The van der Waals surface area contributed by atoms with Crippen LogP contribution in [0.4, 0.5) is 5.95 Å². The van der Waals surface area contributed by atoms with Crippen LogP contribution in [0.5, 0.6) is 5.75 Å². The van der Waals surface area contributed by atoms with Crippen LogP contribution in [-0.2, 0) is 13.1 Å². The highest BCUT2D eigenvalue weighted by Gasteiger charge is 2.17. The van der Waals surface area contributed by atoms with Gasteiger partial charge in [0, 0.05) is 10.0 Å². The van der Waals surface area contributed by atoms with Gasteiger partial charge in [0.15, 0.2) is 0 Å². The van der Waals surface area contributed by atoms with E-state index in [9.17, 15) is 5.11 Å². The maximum atomic E-state index is 10.1. The van der Waals surface area contributed by atoms with Crippen LogP contribution in [0.3, 0.4) is 0 Å². The Morgan fingerprint density at radius 2 is 1.88 bits per heavy atom. The van der Waals surface area contributed by atoms with Gasteiger partial charge in [0.05, 0.1) is 13.1 Å². The number of aromatic nitrogens is 2. The molecule has 1 heterocycles. The van der Waals surface area contributed by atoms with Crippen LogP contribution in [0.2, 0.25) is 0 Å². The molecule has 26 heavy (non-hydrogen) atoms. The van der Waals surface area contributed by atoms with Crippen molar-refractivity contribution in [2.75, 3.05) is 5.32 Å². The number of aryl methyl sites for hydroxylation is 1. The molecule has 1 aromatic heterocycles. The Labute approximate surface area is 163 Å². The molecule has 0 spiro atoms. The summed E-state index contributed by atoms with van der Waals surface area (Å²) in [6.45, 7) is 3.79. The number of fused-ring (bicyclic) bond motifs is 1. The first kappa shape index (κ1) is 18.8. The molecular formula is C21H27BrN3O+. The summed E-state index contributed by atoms with van der Waals surface area (Å²) < 4.78 is 3.28. The Morgan fingerprint density at radius 1 is 1.08 bits per heavy atom. The van der Waals surface area contributed by atoms with Crippen LogP contribution < -0.4 is 9.88 Å². The highest BCUT2D eigenvalue weighted by Crippen LogP contribution is 2.23. The number of anilines is 1. The molecule has 0 saturated heterocycles. The summed E-state index contributed by atoms with van der Waals surface area (Å²) in [4.78, 5) is 3.48. The minimum atomic E-state index is 0.308. The van der Waals surface area contributed by atoms with Gasteiger partial charge in [-0.2, -0.15) is 0 Å². The Balaban J connectivity index is 1.76. The van der Waals surface area contributed by atoms with Crippen LogP contribution >= 0.6 is 15.9 Å². The van der Waals surface area contributed by atoms with E-state index in [1.54, 1.807) is 6.07 Å². The van der Waals surface area contributed by atoms with E-state index >= 15 is 0 Å². The van der Waals surface area contributed by atoms with Crippen LogP contribution in [-0.4, -0.2) is 10.1 Å². The number of para-hydroxylation sites is 2. The van der Waals surface area contributed by atoms with Gasteiger partial charge >= 0.3 is 5.95 Å². The van der Waals surface area contributed by atoms with Crippen molar-refractivity contribution in [2.45, 2.75) is 52.1 Å². The average molecular weight is 417 g/mol. The monoisotopic (exact) mass is 416 g/mol. The Hall–Kier alpha value is -2.01. The second-order valence-corrected chi connectivity index (χ2v) is 7.60. The molecule has 0 aliphatic rings. The third-order valence-electron chi connectivity index (χ3n) is 4.69. The van der Waals surface area contributed by atoms with Gasteiger partial charge in [0.25, 0.3) is 0 Å². The molecule has 0 bridgehead atoms. The number of benzene rings is 2. The lowest BCUT2D eigenvalue weighted by atomic mass is 10.1. The van der Waals surface area contributed by atoms with Crippen LogP contribution in [0, 0.1) is 0 Å². The zero-order chi connectivity index (χ0) is 18.4. The number of unbranched alkanes of at least 4 members (excludes halogenated alkanes) is 4. The smallest absolute Gasteiger partial charge is 0.356 e. The van der Waals surface area contributed by atoms with Crippen LogP contribution in [0.25, 0.3) is 11.0 Å². The molecule has 0 aliphatic heterocycles. The number of aromatic amines is 1. The van der Waals surface area contributed by atoms with Crippen molar-refractivity contribution in [2.24, 2.45) is 0 Å². The maximum absolute atomic E-state index is 10.1. The van der Waals surface area contributed by atoms with Crippen molar-refractivity contribution in [3.8, 4) is 5.75 Å². The van der Waals surface area contributed by atoms with Gasteiger partial charge in [-0.3, -0.25) is 5.32 Å². The van der Waals surface area contributed by atoms with Crippen molar-refractivity contribution in [1.82, 2.24) is 4.98 Å². The molecule has 0 radical (unpaired) electrons. The van der Waals surface area contributed by atoms with Crippen molar-refractivity contribution < 1.29 is 9.67 Å². The fraction of sp³-hybridized carbons (Fsp3) is 0.381. The zero-order valence-corrected chi connectivity index (χ0v) is 16.8. The predicted octanol–water partition coefficient (Wildman–Crippen LogP) is 5.51. The second-order valence-electron chi connectivity index (χ2n) is 6.68. The second kappa shape index (κ2) is 9.08. The predicted molar refractivity (Wildman–Crippen MR) is 110 cm³/mol. The summed E-state index contributed by atoms with van der Waals surface area (Å²) in [6, 6.07) is 13.9. The van der Waals surface area contributed by atoms with E-state index in [4.69, 9.17) is 0 Å². The van der Waals surface area contributed by atoms with Crippen molar-refractivity contribution in [1.29, 1.82) is 0 Å². The van der Waals surface area contributed by atoms with E-state index in [1.165, 1.54) is 37.6 Å². The molecule has 0 amide bonds. The van der Waals surface area contributed by atoms with E-state index in [0.29, 0.717) is 12.3 Å². The van der Waals surface area contributed by atoms with E-state index in [0.717, 1.165) is 28.0 Å². The number of hydrogen-bond donors (Lipinski definition) is 3. The molecule has 3 N–H and O–H groups in total. The minimum Gasteiger partial charge on any atom is -0.508 e.